The number of rotatable bonds is 4. The minimum absolute atomic E-state index is 0. The van der Waals surface area contributed by atoms with Crippen LogP contribution in [0.25, 0.3) is 0 Å². The van der Waals surface area contributed by atoms with Gasteiger partial charge < -0.3 is 5.11 Å². The number of carboxylic acids is 1. The van der Waals surface area contributed by atoms with Crippen LogP contribution in [0.4, 0.5) is 0 Å². The van der Waals surface area contributed by atoms with Crippen LogP contribution in [0.15, 0.2) is 24.3 Å². The van der Waals surface area contributed by atoms with Gasteiger partial charge in [0.05, 0.1) is 0 Å². The topological polar surface area (TPSA) is 49.3 Å². The molecule has 5 heteroatoms. The van der Waals surface area contributed by atoms with Crippen LogP contribution in [0.1, 0.15) is 37.7 Å². The molecular weight excluding hydrogens is 285 g/mol. The van der Waals surface area contributed by atoms with Crippen molar-refractivity contribution in [2.75, 3.05) is 0 Å². The van der Waals surface area contributed by atoms with Gasteiger partial charge in [0.1, 0.15) is 5.54 Å². The Balaban J connectivity index is 0.00000180. The molecule has 1 saturated carbocycles. The standard InChI is InChI=1S/C14H18ClNO2.ClH/c15-12-6-4-5-11(9-12)10-16-14(13(17)18)7-2-1-3-8-14;/h4-6,9,16H,1-3,7-8,10H2,(H,17,18);1H. The summed E-state index contributed by atoms with van der Waals surface area (Å²) in [5.74, 6) is -0.732. The monoisotopic (exact) mass is 303 g/mol. The van der Waals surface area contributed by atoms with Crippen LogP contribution < -0.4 is 5.32 Å². The highest BCUT2D eigenvalue weighted by Crippen LogP contribution is 2.29. The van der Waals surface area contributed by atoms with Crippen LogP contribution >= 0.6 is 24.0 Å². The van der Waals surface area contributed by atoms with Crippen LogP contribution in [-0.2, 0) is 11.3 Å². The van der Waals surface area contributed by atoms with E-state index in [2.05, 4.69) is 5.32 Å². The second kappa shape index (κ2) is 7.13. The maximum atomic E-state index is 11.5. The minimum Gasteiger partial charge on any atom is -0.480 e. The van der Waals surface area contributed by atoms with Gasteiger partial charge in [0.2, 0.25) is 0 Å². The van der Waals surface area contributed by atoms with E-state index in [1.807, 2.05) is 24.3 Å². The fourth-order valence-electron chi connectivity index (χ4n) is 2.54. The summed E-state index contributed by atoms with van der Waals surface area (Å²) < 4.78 is 0. The molecule has 0 saturated heterocycles. The van der Waals surface area contributed by atoms with Gasteiger partial charge in [-0.05, 0) is 30.5 Å². The Kier molecular flexibility index (Phi) is 6.11. The molecule has 0 aliphatic heterocycles. The first-order chi connectivity index (χ1) is 8.62. The summed E-state index contributed by atoms with van der Waals surface area (Å²) in [5.41, 5.74) is 0.273. The Morgan fingerprint density at radius 2 is 2.00 bits per heavy atom. The third-order valence-corrected chi connectivity index (χ3v) is 3.87. The van der Waals surface area contributed by atoms with E-state index in [0.717, 1.165) is 24.8 Å². The molecule has 3 nitrogen and oxygen atoms in total. The van der Waals surface area contributed by atoms with Gasteiger partial charge in [0.15, 0.2) is 0 Å². The molecular formula is C14H19Cl2NO2. The van der Waals surface area contributed by atoms with Gasteiger partial charge in [-0.1, -0.05) is 43.0 Å². The Morgan fingerprint density at radius 1 is 1.32 bits per heavy atom. The van der Waals surface area contributed by atoms with Crippen molar-refractivity contribution in [1.29, 1.82) is 0 Å². The summed E-state index contributed by atoms with van der Waals surface area (Å²) in [5, 5.41) is 13.3. The van der Waals surface area contributed by atoms with E-state index in [4.69, 9.17) is 11.6 Å². The van der Waals surface area contributed by atoms with Crippen molar-refractivity contribution < 1.29 is 9.90 Å². The highest BCUT2D eigenvalue weighted by atomic mass is 35.5. The molecule has 0 aromatic heterocycles. The molecule has 1 fully saturated rings. The maximum Gasteiger partial charge on any atom is 0.323 e. The average Bonchev–Trinajstić information content (AvgIpc) is 2.37. The van der Waals surface area contributed by atoms with Gasteiger partial charge in [-0.25, -0.2) is 0 Å². The summed E-state index contributed by atoms with van der Waals surface area (Å²) in [4.78, 5) is 11.5. The fourth-order valence-corrected chi connectivity index (χ4v) is 2.75. The molecule has 0 unspecified atom stereocenters. The normalized spacial score (nSPS) is 17.5. The van der Waals surface area contributed by atoms with E-state index in [-0.39, 0.29) is 12.4 Å². The van der Waals surface area contributed by atoms with E-state index in [0.29, 0.717) is 24.4 Å². The molecule has 1 aliphatic carbocycles. The lowest BCUT2D eigenvalue weighted by molar-refractivity contribution is -0.146. The van der Waals surface area contributed by atoms with Crippen LogP contribution in [0.2, 0.25) is 5.02 Å². The van der Waals surface area contributed by atoms with Gasteiger partial charge in [-0.2, -0.15) is 0 Å². The van der Waals surface area contributed by atoms with Crippen LogP contribution in [0.3, 0.4) is 0 Å². The lowest BCUT2D eigenvalue weighted by Gasteiger charge is -2.34. The third kappa shape index (κ3) is 4.10. The van der Waals surface area contributed by atoms with Crippen LogP contribution in [-0.4, -0.2) is 16.6 Å². The summed E-state index contributed by atoms with van der Waals surface area (Å²) in [6.07, 6.45) is 4.52. The van der Waals surface area contributed by atoms with Crippen LogP contribution in [0, 0.1) is 0 Å². The molecule has 0 bridgehead atoms. The largest absolute Gasteiger partial charge is 0.480 e. The van der Waals surface area contributed by atoms with Crippen molar-refractivity contribution in [1.82, 2.24) is 5.32 Å². The summed E-state index contributed by atoms with van der Waals surface area (Å²) in [6.45, 7) is 0.548. The van der Waals surface area contributed by atoms with E-state index < -0.39 is 11.5 Å². The van der Waals surface area contributed by atoms with Gasteiger partial charge in [0, 0.05) is 11.6 Å². The van der Waals surface area contributed by atoms with E-state index in [9.17, 15) is 9.90 Å². The number of hydrogen-bond donors (Lipinski definition) is 2. The molecule has 0 spiro atoms. The predicted molar refractivity (Wildman–Crippen MR) is 79.0 cm³/mol. The zero-order valence-corrected chi connectivity index (χ0v) is 12.3. The zero-order chi connectivity index (χ0) is 13.0. The average molecular weight is 304 g/mol. The van der Waals surface area contributed by atoms with Crippen LogP contribution in [0.5, 0.6) is 0 Å². The van der Waals surface area contributed by atoms with Gasteiger partial charge in [-0.15, -0.1) is 12.4 Å². The number of carbonyl (C=O) groups is 1. The Morgan fingerprint density at radius 3 is 2.58 bits per heavy atom. The van der Waals surface area contributed by atoms with E-state index >= 15 is 0 Å². The highest BCUT2D eigenvalue weighted by molar-refractivity contribution is 6.30. The molecule has 1 aromatic carbocycles. The first-order valence-electron chi connectivity index (χ1n) is 6.35. The summed E-state index contributed by atoms with van der Waals surface area (Å²) in [6, 6.07) is 7.52. The first-order valence-corrected chi connectivity index (χ1v) is 6.73. The van der Waals surface area contributed by atoms with Gasteiger partial charge >= 0.3 is 5.97 Å². The molecule has 0 heterocycles. The highest BCUT2D eigenvalue weighted by Gasteiger charge is 2.38. The van der Waals surface area contributed by atoms with Crippen molar-refractivity contribution >= 4 is 30.0 Å². The smallest absolute Gasteiger partial charge is 0.323 e. The lowest BCUT2D eigenvalue weighted by Crippen LogP contribution is -2.52. The van der Waals surface area contributed by atoms with Crippen molar-refractivity contribution in [3.63, 3.8) is 0 Å². The number of carboxylic acid groups (broad SMARTS) is 1. The quantitative estimate of drug-likeness (QED) is 0.893. The fraction of sp³-hybridized carbons (Fsp3) is 0.500. The summed E-state index contributed by atoms with van der Waals surface area (Å²) >= 11 is 5.92. The van der Waals surface area contributed by atoms with Gasteiger partial charge in [0.25, 0.3) is 0 Å². The second-order valence-electron chi connectivity index (χ2n) is 4.93. The van der Waals surface area contributed by atoms with Crippen molar-refractivity contribution in [2.24, 2.45) is 0 Å². The lowest BCUT2D eigenvalue weighted by atomic mass is 9.81. The first kappa shape index (κ1) is 16.3. The number of halogens is 2. The zero-order valence-electron chi connectivity index (χ0n) is 10.7. The molecule has 2 rings (SSSR count). The van der Waals surface area contributed by atoms with E-state index in [1.165, 1.54) is 0 Å². The SMILES string of the molecule is Cl.O=C(O)C1(NCc2cccc(Cl)c2)CCCCC1. The Labute approximate surface area is 124 Å². The second-order valence-corrected chi connectivity index (χ2v) is 5.37. The predicted octanol–water partition coefficient (Wildman–Crippen LogP) is 3.64. The molecule has 106 valence electrons. The molecule has 1 aliphatic rings. The maximum absolute atomic E-state index is 11.5. The minimum atomic E-state index is -0.749. The third-order valence-electron chi connectivity index (χ3n) is 3.64. The molecule has 0 radical (unpaired) electrons. The number of benzene rings is 1. The van der Waals surface area contributed by atoms with Gasteiger partial charge in [-0.3, -0.25) is 10.1 Å². The van der Waals surface area contributed by atoms with Crippen molar-refractivity contribution in [2.45, 2.75) is 44.2 Å². The van der Waals surface area contributed by atoms with E-state index in [1.54, 1.807) is 0 Å². The number of nitrogens with one attached hydrogen (secondary N) is 1. The molecule has 19 heavy (non-hydrogen) atoms. The molecule has 1 aromatic rings. The molecule has 2 N–H and O–H groups in total. The van der Waals surface area contributed by atoms with Crippen molar-refractivity contribution in [3.05, 3.63) is 34.9 Å². The molecule has 0 atom stereocenters. The Hall–Kier alpha value is -0.770. The molecule has 0 amide bonds. The van der Waals surface area contributed by atoms with Crippen molar-refractivity contribution in [3.8, 4) is 0 Å². The summed E-state index contributed by atoms with van der Waals surface area (Å²) in [7, 11) is 0. The number of aliphatic carboxylic acids is 1. The number of hydrogen-bond acceptors (Lipinski definition) is 2. The Bertz CT molecular complexity index is 431.